The zero-order valence-electron chi connectivity index (χ0n) is 20.5. The Morgan fingerprint density at radius 1 is 0.944 bits per heavy atom. The first-order valence-corrected chi connectivity index (χ1v) is 12.1. The molecular weight excluding hydrogens is 454 g/mol. The molecule has 8 nitrogen and oxygen atoms in total. The van der Waals surface area contributed by atoms with Crippen LogP contribution in [0.2, 0.25) is 0 Å². The smallest absolute Gasteiger partial charge is 0.338 e. The number of nitrogens with zero attached hydrogens (tertiary/aromatic N) is 3. The van der Waals surface area contributed by atoms with Gasteiger partial charge in [-0.05, 0) is 73.6 Å². The Labute approximate surface area is 209 Å². The summed E-state index contributed by atoms with van der Waals surface area (Å²) in [4.78, 5) is 29.6. The molecule has 0 atom stereocenters. The highest BCUT2D eigenvalue weighted by Crippen LogP contribution is 2.28. The van der Waals surface area contributed by atoms with Crippen molar-refractivity contribution in [2.24, 2.45) is 0 Å². The van der Waals surface area contributed by atoms with Crippen LogP contribution in [0.4, 0.5) is 11.5 Å². The summed E-state index contributed by atoms with van der Waals surface area (Å²) < 4.78 is 5.11. The highest BCUT2D eigenvalue weighted by Gasteiger charge is 2.16. The van der Waals surface area contributed by atoms with Gasteiger partial charge in [0.05, 0.1) is 17.7 Å². The van der Waals surface area contributed by atoms with Crippen molar-refractivity contribution in [3.63, 3.8) is 0 Å². The fourth-order valence-corrected chi connectivity index (χ4v) is 4.40. The van der Waals surface area contributed by atoms with Crippen molar-refractivity contribution >= 4 is 34.3 Å². The third kappa shape index (κ3) is 4.94. The molecule has 0 aliphatic carbocycles. The molecule has 8 heteroatoms. The molecule has 5 rings (SSSR count). The number of carbonyl (C=O) groups is 2. The number of aromatic amines is 1. The zero-order chi connectivity index (χ0) is 25.1. The number of benzene rings is 3. The number of carbonyl (C=O) groups excluding carboxylic acids is 2. The fourth-order valence-electron chi connectivity index (χ4n) is 4.40. The van der Waals surface area contributed by atoms with Crippen molar-refractivity contribution in [1.82, 2.24) is 15.1 Å². The molecular formula is C28H29N5O3. The first-order valence-electron chi connectivity index (χ1n) is 12.1. The van der Waals surface area contributed by atoms with Crippen molar-refractivity contribution in [3.05, 3.63) is 77.9 Å². The van der Waals surface area contributed by atoms with Crippen LogP contribution < -0.4 is 10.2 Å². The van der Waals surface area contributed by atoms with Crippen LogP contribution in [-0.4, -0.2) is 66.8 Å². The van der Waals surface area contributed by atoms with E-state index in [-0.39, 0.29) is 11.9 Å². The Kier molecular flexibility index (Phi) is 6.69. The molecule has 184 valence electrons. The molecule has 1 saturated heterocycles. The number of nitrogens with one attached hydrogen (secondary N) is 2. The van der Waals surface area contributed by atoms with Crippen LogP contribution in [0.3, 0.4) is 0 Å². The molecule has 1 aliphatic rings. The largest absolute Gasteiger partial charge is 0.462 e. The lowest BCUT2D eigenvalue weighted by Gasteiger charge is -2.34. The van der Waals surface area contributed by atoms with Gasteiger partial charge in [0.15, 0.2) is 5.82 Å². The van der Waals surface area contributed by atoms with Crippen molar-refractivity contribution < 1.29 is 14.3 Å². The molecule has 0 unspecified atom stereocenters. The van der Waals surface area contributed by atoms with E-state index in [0.717, 1.165) is 53.9 Å². The van der Waals surface area contributed by atoms with Crippen LogP contribution in [0.15, 0.2) is 66.7 Å². The van der Waals surface area contributed by atoms with Gasteiger partial charge in [-0.25, -0.2) is 4.79 Å². The number of amides is 1. The lowest BCUT2D eigenvalue weighted by Crippen LogP contribution is -2.44. The topological polar surface area (TPSA) is 90.6 Å². The predicted molar refractivity (Wildman–Crippen MR) is 142 cm³/mol. The number of ether oxygens (including phenoxy) is 1. The molecule has 1 aliphatic heterocycles. The molecule has 0 bridgehead atoms. The summed E-state index contributed by atoms with van der Waals surface area (Å²) in [5, 5.41) is 11.1. The number of H-pyrrole nitrogens is 1. The Morgan fingerprint density at radius 3 is 2.44 bits per heavy atom. The van der Waals surface area contributed by atoms with Gasteiger partial charge < -0.3 is 19.9 Å². The van der Waals surface area contributed by atoms with E-state index in [4.69, 9.17) is 4.74 Å². The molecule has 0 spiro atoms. The van der Waals surface area contributed by atoms with Crippen molar-refractivity contribution in [3.8, 4) is 11.1 Å². The summed E-state index contributed by atoms with van der Waals surface area (Å²) in [7, 11) is 2.13. The van der Waals surface area contributed by atoms with E-state index in [2.05, 4.69) is 32.4 Å². The summed E-state index contributed by atoms with van der Waals surface area (Å²) in [6.07, 6.45) is 0. The molecule has 4 aromatic rings. The standard InChI is InChI=1S/C28H29N5O3/c1-3-36-28(35)22-6-4-5-20(17-22)21-9-12-24-25(18-21)30-31-26(24)29-27(34)19-7-10-23(11-8-19)33-15-13-32(2)14-16-33/h4-12,17-18H,3,13-16H2,1-2H3,(H2,29,30,31,34). The third-order valence-corrected chi connectivity index (χ3v) is 6.50. The van der Waals surface area contributed by atoms with E-state index in [1.165, 1.54) is 0 Å². The molecule has 3 aromatic carbocycles. The van der Waals surface area contributed by atoms with E-state index in [0.29, 0.717) is 23.6 Å². The lowest BCUT2D eigenvalue weighted by atomic mass is 10.0. The third-order valence-electron chi connectivity index (χ3n) is 6.50. The second kappa shape index (κ2) is 10.2. The molecule has 0 radical (unpaired) electrons. The van der Waals surface area contributed by atoms with Crippen LogP contribution in [-0.2, 0) is 4.74 Å². The summed E-state index contributed by atoms with van der Waals surface area (Å²) >= 11 is 0. The SMILES string of the molecule is CCOC(=O)c1cccc(-c2ccc3c(NC(=O)c4ccc(N5CCN(C)CC5)cc4)n[nH]c3c2)c1. The van der Waals surface area contributed by atoms with Gasteiger partial charge in [-0.15, -0.1) is 0 Å². The number of likely N-dealkylation sites (N-methyl/N-ethyl adjacent to an activating group) is 1. The van der Waals surface area contributed by atoms with Gasteiger partial charge in [0.25, 0.3) is 5.91 Å². The number of fused-ring (bicyclic) bond motifs is 1. The van der Waals surface area contributed by atoms with E-state index >= 15 is 0 Å². The minimum absolute atomic E-state index is 0.209. The van der Waals surface area contributed by atoms with Crippen molar-refractivity contribution in [1.29, 1.82) is 0 Å². The normalized spacial score (nSPS) is 14.1. The van der Waals surface area contributed by atoms with E-state index in [1.807, 2.05) is 60.7 Å². The van der Waals surface area contributed by atoms with Gasteiger partial charge in [-0.3, -0.25) is 9.89 Å². The number of esters is 1. The van der Waals surface area contributed by atoms with Crippen LogP contribution >= 0.6 is 0 Å². The average molecular weight is 484 g/mol. The van der Waals surface area contributed by atoms with E-state index in [1.54, 1.807) is 13.0 Å². The summed E-state index contributed by atoms with van der Waals surface area (Å²) in [6.45, 7) is 6.15. The number of aromatic nitrogens is 2. The highest BCUT2D eigenvalue weighted by atomic mass is 16.5. The van der Waals surface area contributed by atoms with Gasteiger partial charge in [-0.1, -0.05) is 18.2 Å². The van der Waals surface area contributed by atoms with Crippen LogP contribution in [0.25, 0.3) is 22.0 Å². The van der Waals surface area contributed by atoms with Gasteiger partial charge in [-0.2, -0.15) is 5.10 Å². The number of piperazine rings is 1. The number of hydrogen-bond acceptors (Lipinski definition) is 6. The van der Waals surface area contributed by atoms with E-state index in [9.17, 15) is 9.59 Å². The van der Waals surface area contributed by atoms with Crippen molar-refractivity contribution in [2.45, 2.75) is 6.92 Å². The Morgan fingerprint density at radius 2 is 1.69 bits per heavy atom. The van der Waals surface area contributed by atoms with Gasteiger partial charge in [0.2, 0.25) is 0 Å². The Balaban J connectivity index is 1.30. The van der Waals surface area contributed by atoms with Gasteiger partial charge >= 0.3 is 5.97 Å². The van der Waals surface area contributed by atoms with Crippen molar-refractivity contribution in [2.75, 3.05) is 50.1 Å². The summed E-state index contributed by atoms with van der Waals surface area (Å²) in [5.74, 6) is -0.0759. The minimum atomic E-state index is -0.344. The monoisotopic (exact) mass is 483 g/mol. The predicted octanol–water partition coefficient (Wildman–Crippen LogP) is 4.41. The van der Waals surface area contributed by atoms with Crippen LogP contribution in [0.5, 0.6) is 0 Å². The molecule has 0 saturated carbocycles. The van der Waals surface area contributed by atoms with E-state index < -0.39 is 0 Å². The molecule has 1 amide bonds. The maximum absolute atomic E-state index is 12.9. The van der Waals surface area contributed by atoms with Gasteiger partial charge in [0.1, 0.15) is 0 Å². The first kappa shape index (κ1) is 23.6. The fraction of sp³-hybridized carbons (Fsp3) is 0.250. The second-order valence-electron chi connectivity index (χ2n) is 8.93. The Hall–Kier alpha value is -4.17. The highest BCUT2D eigenvalue weighted by molar-refractivity contribution is 6.08. The number of anilines is 2. The molecule has 36 heavy (non-hydrogen) atoms. The molecule has 2 heterocycles. The zero-order valence-corrected chi connectivity index (χ0v) is 20.5. The molecule has 2 N–H and O–H groups in total. The quantitative estimate of drug-likeness (QED) is 0.395. The maximum Gasteiger partial charge on any atom is 0.338 e. The molecule has 1 aromatic heterocycles. The average Bonchev–Trinajstić information content (AvgIpc) is 3.31. The molecule has 1 fully saturated rings. The van der Waals surface area contributed by atoms with Crippen LogP contribution in [0, 0.1) is 0 Å². The summed E-state index contributed by atoms with van der Waals surface area (Å²) in [5.41, 5.74) is 4.82. The lowest BCUT2D eigenvalue weighted by molar-refractivity contribution is 0.0526. The number of rotatable bonds is 6. The second-order valence-corrected chi connectivity index (χ2v) is 8.93. The summed E-state index contributed by atoms with van der Waals surface area (Å²) in [6, 6.07) is 20.8. The van der Waals surface area contributed by atoms with Crippen LogP contribution in [0.1, 0.15) is 27.6 Å². The Bertz CT molecular complexity index is 1390. The number of hydrogen-bond donors (Lipinski definition) is 2. The van der Waals surface area contributed by atoms with Gasteiger partial charge in [0, 0.05) is 42.8 Å². The maximum atomic E-state index is 12.9. The minimum Gasteiger partial charge on any atom is -0.462 e. The first-order chi connectivity index (χ1) is 17.5.